The lowest BCUT2D eigenvalue weighted by atomic mass is 10.1. The Balaban J connectivity index is 1.42. The third-order valence-electron chi connectivity index (χ3n) is 5.33. The summed E-state index contributed by atoms with van der Waals surface area (Å²) in [7, 11) is 1.65. The Hall–Kier alpha value is -3.12. The zero-order valence-corrected chi connectivity index (χ0v) is 17.5. The maximum atomic E-state index is 12.7. The van der Waals surface area contributed by atoms with Gasteiger partial charge in [-0.15, -0.1) is 0 Å². The SMILES string of the molecule is Cn1ncc2c3ccccc3n(CCCC(=O)NCCc3ccccc3Cl)c2c1=O. The molecule has 0 fully saturated rings. The maximum Gasteiger partial charge on any atom is 0.291 e. The molecule has 0 saturated heterocycles. The van der Waals surface area contributed by atoms with Crippen molar-refractivity contribution in [2.24, 2.45) is 7.05 Å². The van der Waals surface area contributed by atoms with Crippen molar-refractivity contribution in [3.8, 4) is 0 Å². The number of halogens is 1. The van der Waals surface area contributed by atoms with Gasteiger partial charge in [0.2, 0.25) is 5.91 Å². The first-order chi connectivity index (χ1) is 14.6. The van der Waals surface area contributed by atoms with Crippen LogP contribution in [0.25, 0.3) is 21.8 Å². The Labute approximate surface area is 179 Å². The largest absolute Gasteiger partial charge is 0.356 e. The highest BCUT2D eigenvalue weighted by molar-refractivity contribution is 6.31. The predicted octanol–water partition coefficient (Wildman–Crippen LogP) is 3.68. The minimum absolute atomic E-state index is 0.00242. The van der Waals surface area contributed by atoms with Gasteiger partial charge in [-0.3, -0.25) is 9.59 Å². The number of aryl methyl sites for hydroxylation is 2. The summed E-state index contributed by atoms with van der Waals surface area (Å²) in [5.74, 6) is -0.00242. The van der Waals surface area contributed by atoms with Gasteiger partial charge in [-0.25, -0.2) is 4.68 Å². The molecule has 2 aromatic heterocycles. The highest BCUT2D eigenvalue weighted by Crippen LogP contribution is 2.26. The monoisotopic (exact) mass is 422 g/mol. The molecule has 2 aromatic carbocycles. The molecule has 0 aliphatic rings. The van der Waals surface area contributed by atoms with Gasteiger partial charge >= 0.3 is 0 Å². The molecule has 7 heteroatoms. The Morgan fingerprint density at radius 3 is 2.70 bits per heavy atom. The molecule has 2 heterocycles. The fourth-order valence-electron chi connectivity index (χ4n) is 3.80. The molecule has 154 valence electrons. The Bertz CT molecular complexity index is 1280. The number of hydrogen-bond donors (Lipinski definition) is 1. The van der Waals surface area contributed by atoms with E-state index in [1.807, 2.05) is 53.1 Å². The van der Waals surface area contributed by atoms with E-state index in [0.29, 0.717) is 42.9 Å². The smallest absolute Gasteiger partial charge is 0.291 e. The Morgan fingerprint density at radius 2 is 1.87 bits per heavy atom. The lowest BCUT2D eigenvalue weighted by Gasteiger charge is -2.09. The van der Waals surface area contributed by atoms with Gasteiger partial charge in [-0.05, 0) is 30.5 Å². The predicted molar refractivity (Wildman–Crippen MR) is 120 cm³/mol. The molecule has 6 nitrogen and oxygen atoms in total. The number of para-hydroxylation sites is 1. The topological polar surface area (TPSA) is 68.9 Å². The number of benzene rings is 2. The van der Waals surface area contributed by atoms with Crippen LogP contribution in [-0.2, 0) is 24.8 Å². The van der Waals surface area contributed by atoms with Crippen LogP contribution in [0, 0.1) is 0 Å². The van der Waals surface area contributed by atoms with Gasteiger partial charge in [0.05, 0.1) is 6.20 Å². The standard InChI is InChI=1S/C23H23ClN4O2/c1-27-23(30)22-18(15-26-27)17-8-3-5-10-20(17)28(22)14-6-11-21(29)25-13-12-16-7-2-4-9-19(16)24/h2-5,7-10,15H,6,11-14H2,1H3,(H,25,29). The van der Waals surface area contributed by atoms with Crippen LogP contribution in [0.2, 0.25) is 5.02 Å². The van der Waals surface area contributed by atoms with E-state index in [4.69, 9.17) is 11.6 Å². The van der Waals surface area contributed by atoms with Crippen LogP contribution in [-0.4, -0.2) is 26.8 Å². The summed E-state index contributed by atoms with van der Waals surface area (Å²) >= 11 is 6.15. The van der Waals surface area contributed by atoms with E-state index in [-0.39, 0.29) is 11.5 Å². The van der Waals surface area contributed by atoms with Crippen molar-refractivity contribution in [2.75, 3.05) is 6.54 Å². The summed E-state index contributed by atoms with van der Waals surface area (Å²) in [5.41, 5.74) is 2.51. The molecule has 0 aliphatic carbocycles. The fraction of sp³-hybridized carbons (Fsp3) is 0.261. The van der Waals surface area contributed by atoms with E-state index >= 15 is 0 Å². The fourth-order valence-corrected chi connectivity index (χ4v) is 4.03. The van der Waals surface area contributed by atoms with Gasteiger partial charge in [0, 0.05) is 47.9 Å². The normalized spacial score (nSPS) is 11.3. The Kier molecular flexibility index (Phi) is 5.86. The third-order valence-corrected chi connectivity index (χ3v) is 5.70. The van der Waals surface area contributed by atoms with Gasteiger partial charge in [-0.2, -0.15) is 5.10 Å². The number of fused-ring (bicyclic) bond motifs is 3. The second-order valence-corrected chi connectivity index (χ2v) is 7.71. The van der Waals surface area contributed by atoms with Crippen molar-refractivity contribution in [3.05, 3.63) is 75.7 Å². The number of amides is 1. The average Bonchev–Trinajstić information content (AvgIpc) is 3.07. The molecule has 0 aliphatic heterocycles. The molecule has 1 N–H and O–H groups in total. The molecule has 0 bridgehead atoms. The first-order valence-electron chi connectivity index (χ1n) is 9.99. The van der Waals surface area contributed by atoms with E-state index in [2.05, 4.69) is 10.4 Å². The van der Waals surface area contributed by atoms with E-state index < -0.39 is 0 Å². The Morgan fingerprint density at radius 1 is 1.10 bits per heavy atom. The van der Waals surface area contributed by atoms with Crippen molar-refractivity contribution < 1.29 is 4.79 Å². The molecule has 4 aromatic rings. The molecule has 4 rings (SSSR count). The highest BCUT2D eigenvalue weighted by atomic mass is 35.5. The molecule has 1 amide bonds. The van der Waals surface area contributed by atoms with Gasteiger partial charge in [-0.1, -0.05) is 48.0 Å². The minimum atomic E-state index is -0.132. The summed E-state index contributed by atoms with van der Waals surface area (Å²) in [4.78, 5) is 25.0. The van der Waals surface area contributed by atoms with Gasteiger partial charge in [0.15, 0.2) is 0 Å². The molecular formula is C23H23ClN4O2. The van der Waals surface area contributed by atoms with Crippen LogP contribution < -0.4 is 10.9 Å². The van der Waals surface area contributed by atoms with E-state index in [0.717, 1.165) is 21.9 Å². The summed E-state index contributed by atoms with van der Waals surface area (Å²) in [6.45, 7) is 1.13. The van der Waals surface area contributed by atoms with Gasteiger partial charge < -0.3 is 9.88 Å². The lowest BCUT2D eigenvalue weighted by Crippen LogP contribution is -2.26. The van der Waals surface area contributed by atoms with Crippen LogP contribution >= 0.6 is 11.6 Å². The molecule has 0 spiro atoms. The number of hydrogen-bond acceptors (Lipinski definition) is 3. The second-order valence-electron chi connectivity index (χ2n) is 7.30. The van der Waals surface area contributed by atoms with E-state index in [1.165, 1.54) is 4.68 Å². The van der Waals surface area contributed by atoms with Gasteiger partial charge in [0.25, 0.3) is 5.56 Å². The zero-order valence-electron chi connectivity index (χ0n) is 16.8. The summed E-state index contributed by atoms with van der Waals surface area (Å²) in [6.07, 6.45) is 3.46. The quantitative estimate of drug-likeness (QED) is 0.494. The number of nitrogens with one attached hydrogen (secondary N) is 1. The van der Waals surface area contributed by atoms with Crippen molar-refractivity contribution in [2.45, 2.75) is 25.8 Å². The van der Waals surface area contributed by atoms with Crippen LogP contribution in [0.3, 0.4) is 0 Å². The number of aromatic nitrogens is 3. The van der Waals surface area contributed by atoms with Crippen LogP contribution in [0.1, 0.15) is 18.4 Å². The van der Waals surface area contributed by atoms with Crippen LogP contribution in [0.4, 0.5) is 0 Å². The summed E-state index contributed by atoms with van der Waals surface area (Å²) < 4.78 is 3.35. The summed E-state index contributed by atoms with van der Waals surface area (Å²) in [5, 5.41) is 9.68. The van der Waals surface area contributed by atoms with Crippen molar-refractivity contribution in [1.29, 1.82) is 0 Å². The van der Waals surface area contributed by atoms with Crippen molar-refractivity contribution in [1.82, 2.24) is 19.7 Å². The van der Waals surface area contributed by atoms with Crippen molar-refractivity contribution >= 4 is 39.3 Å². The average molecular weight is 423 g/mol. The maximum absolute atomic E-state index is 12.7. The number of nitrogens with zero attached hydrogens (tertiary/aromatic N) is 3. The molecule has 0 saturated carbocycles. The zero-order chi connectivity index (χ0) is 21.1. The first-order valence-corrected chi connectivity index (χ1v) is 10.4. The highest BCUT2D eigenvalue weighted by Gasteiger charge is 2.15. The second kappa shape index (κ2) is 8.71. The molecule has 30 heavy (non-hydrogen) atoms. The van der Waals surface area contributed by atoms with Crippen LogP contribution in [0.5, 0.6) is 0 Å². The molecule has 0 unspecified atom stereocenters. The lowest BCUT2D eigenvalue weighted by molar-refractivity contribution is -0.121. The minimum Gasteiger partial charge on any atom is -0.356 e. The molecular weight excluding hydrogens is 400 g/mol. The van der Waals surface area contributed by atoms with Crippen molar-refractivity contribution in [3.63, 3.8) is 0 Å². The first kappa shape index (κ1) is 20.2. The third kappa shape index (κ3) is 3.96. The molecule has 0 atom stereocenters. The van der Waals surface area contributed by atoms with E-state index in [1.54, 1.807) is 13.2 Å². The van der Waals surface area contributed by atoms with Gasteiger partial charge in [0.1, 0.15) is 5.52 Å². The van der Waals surface area contributed by atoms with E-state index in [9.17, 15) is 9.59 Å². The number of carbonyl (C=O) groups is 1. The number of carbonyl (C=O) groups excluding carboxylic acids is 1. The van der Waals surface area contributed by atoms with Crippen LogP contribution in [0.15, 0.2) is 59.5 Å². The summed E-state index contributed by atoms with van der Waals surface area (Å²) in [6, 6.07) is 15.6. The number of rotatable bonds is 7. The molecule has 0 radical (unpaired) electrons.